The Morgan fingerprint density at radius 2 is 1.88 bits per heavy atom. The number of carbonyl (C=O) groups is 1. The van der Waals surface area contributed by atoms with Gasteiger partial charge in [-0.3, -0.25) is 4.79 Å². The molecule has 0 radical (unpaired) electrons. The minimum atomic E-state index is 0.0424. The SMILES string of the molecule is COc1cc(/C=C/C(=O)N(C)C2CCCCCC2)cc2c1OCCO2. The first-order valence-corrected chi connectivity index (χ1v) is 9.11. The summed E-state index contributed by atoms with van der Waals surface area (Å²) in [4.78, 5) is 14.4. The van der Waals surface area contributed by atoms with Crippen LogP contribution in [0.5, 0.6) is 17.2 Å². The largest absolute Gasteiger partial charge is 0.493 e. The molecule has 0 bridgehead atoms. The highest BCUT2D eigenvalue weighted by Gasteiger charge is 2.20. The van der Waals surface area contributed by atoms with Crippen molar-refractivity contribution in [3.8, 4) is 17.2 Å². The maximum Gasteiger partial charge on any atom is 0.246 e. The minimum absolute atomic E-state index is 0.0424. The molecule has 1 aliphatic carbocycles. The van der Waals surface area contributed by atoms with Crippen molar-refractivity contribution in [2.75, 3.05) is 27.4 Å². The third kappa shape index (κ3) is 4.27. The maximum atomic E-state index is 12.5. The molecule has 5 nitrogen and oxygen atoms in total. The van der Waals surface area contributed by atoms with Crippen LogP contribution in [0.15, 0.2) is 18.2 Å². The van der Waals surface area contributed by atoms with Crippen molar-refractivity contribution in [1.82, 2.24) is 4.90 Å². The van der Waals surface area contributed by atoms with E-state index in [9.17, 15) is 4.79 Å². The molecule has 2 aliphatic rings. The predicted molar refractivity (Wildman–Crippen MR) is 97.3 cm³/mol. The first-order chi connectivity index (χ1) is 12.2. The van der Waals surface area contributed by atoms with E-state index < -0.39 is 0 Å². The van der Waals surface area contributed by atoms with Gasteiger partial charge in [0.1, 0.15) is 13.2 Å². The van der Waals surface area contributed by atoms with Gasteiger partial charge < -0.3 is 19.1 Å². The first kappa shape index (κ1) is 17.6. The average Bonchev–Trinajstić information content (AvgIpc) is 2.94. The summed E-state index contributed by atoms with van der Waals surface area (Å²) in [7, 11) is 3.51. The Morgan fingerprint density at radius 1 is 1.16 bits per heavy atom. The third-order valence-corrected chi connectivity index (χ3v) is 4.99. The van der Waals surface area contributed by atoms with Gasteiger partial charge in [-0.05, 0) is 36.6 Å². The fourth-order valence-electron chi connectivity index (χ4n) is 3.50. The Balaban J connectivity index is 1.71. The smallest absolute Gasteiger partial charge is 0.246 e. The highest BCUT2D eigenvalue weighted by Crippen LogP contribution is 2.40. The number of hydrogen-bond acceptors (Lipinski definition) is 4. The summed E-state index contributed by atoms with van der Waals surface area (Å²) in [6, 6.07) is 4.10. The van der Waals surface area contributed by atoms with Crippen LogP contribution < -0.4 is 14.2 Å². The number of fused-ring (bicyclic) bond motifs is 1. The summed E-state index contributed by atoms with van der Waals surface area (Å²) in [5.74, 6) is 1.96. The molecule has 0 spiro atoms. The molecule has 1 heterocycles. The number of ether oxygens (including phenoxy) is 3. The van der Waals surface area contributed by atoms with Gasteiger partial charge in [0.25, 0.3) is 0 Å². The molecule has 1 aromatic rings. The van der Waals surface area contributed by atoms with Crippen LogP contribution in [0.25, 0.3) is 6.08 Å². The van der Waals surface area contributed by atoms with E-state index in [2.05, 4.69) is 0 Å². The Labute approximate surface area is 149 Å². The summed E-state index contributed by atoms with van der Waals surface area (Å²) in [6.07, 6.45) is 10.7. The Morgan fingerprint density at radius 3 is 2.60 bits per heavy atom. The van der Waals surface area contributed by atoms with Gasteiger partial charge in [0.15, 0.2) is 11.5 Å². The summed E-state index contributed by atoms with van der Waals surface area (Å²) < 4.78 is 16.6. The number of amides is 1. The van der Waals surface area contributed by atoms with Gasteiger partial charge in [-0.1, -0.05) is 25.7 Å². The lowest BCUT2D eigenvalue weighted by Gasteiger charge is -2.26. The van der Waals surface area contributed by atoms with Crippen molar-refractivity contribution in [3.05, 3.63) is 23.8 Å². The monoisotopic (exact) mass is 345 g/mol. The number of benzene rings is 1. The number of methoxy groups -OCH3 is 1. The van der Waals surface area contributed by atoms with Crippen molar-refractivity contribution in [2.45, 2.75) is 44.6 Å². The lowest BCUT2D eigenvalue weighted by Crippen LogP contribution is -2.35. The van der Waals surface area contributed by atoms with Crippen LogP contribution in [-0.2, 0) is 4.79 Å². The zero-order valence-corrected chi connectivity index (χ0v) is 15.1. The van der Waals surface area contributed by atoms with Crippen molar-refractivity contribution in [2.24, 2.45) is 0 Å². The van der Waals surface area contributed by atoms with Crippen LogP contribution in [0, 0.1) is 0 Å². The van der Waals surface area contributed by atoms with Crippen LogP contribution in [0.1, 0.15) is 44.1 Å². The molecule has 1 aliphatic heterocycles. The van der Waals surface area contributed by atoms with Gasteiger partial charge in [-0.25, -0.2) is 0 Å². The van der Waals surface area contributed by atoms with Crippen molar-refractivity contribution in [3.63, 3.8) is 0 Å². The van der Waals surface area contributed by atoms with Gasteiger partial charge in [-0.2, -0.15) is 0 Å². The number of carbonyl (C=O) groups excluding carboxylic acids is 1. The molecule has 136 valence electrons. The molecule has 3 rings (SSSR count). The van der Waals surface area contributed by atoms with Crippen LogP contribution >= 0.6 is 0 Å². The Hall–Kier alpha value is -2.17. The average molecular weight is 345 g/mol. The molecule has 1 aromatic carbocycles. The van der Waals surface area contributed by atoms with Gasteiger partial charge in [0.05, 0.1) is 7.11 Å². The molecule has 0 atom stereocenters. The topological polar surface area (TPSA) is 48.0 Å². The molecule has 5 heteroatoms. The molecule has 0 unspecified atom stereocenters. The van der Waals surface area contributed by atoms with Crippen LogP contribution in [0.2, 0.25) is 0 Å². The summed E-state index contributed by atoms with van der Waals surface area (Å²) in [5, 5.41) is 0. The van der Waals surface area contributed by atoms with E-state index in [4.69, 9.17) is 14.2 Å². The van der Waals surface area contributed by atoms with Gasteiger partial charge >= 0.3 is 0 Å². The Bertz CT molecular complexity index is 616. The van der Waals surface area contributed by atoms with Crippen molar-refractivity contribution >= 4 is 12.0 Å². The van der Waals surface area contributed by atoms with Gasteiger partial charge in [0.2, 0.25) is 11.7 Å². The highest BCUT2D eigenvalue weighted by atomic mass is 16.6. The van der Waals surface area contributed by atoms with E-state index in [-0.39, 0.29) is 5.91 Å². The van der Waals surface area contributed by atoms with Crippen LogP contribution in [0.4, 0.5) is 0 Å². The molecule has 0 N–H and O–H groups in total. The molecular formula is C20H27NO4. The minimum Gasteiger partial charge on any atom is -0.493 e. The molecule has 0 saturated heterocycles. The quantitative estimate of drug-likeness (QED) is 0.617. The van der Waals surface area contributed by atoms with E-state index in [1.807, 2.05) is 30.2 Å². The number of nitrogens with zero attached hydrogens (tertiary/aromatic N) is 1. The van der Waals surface area contributed by atoms with E-state index in [0.717, 1.165) is 18.4 Å². The molecule has 1 amide bonds. The number of rotatable bonds is 4. The van der Waals surface area contributed by atoms with E-state index in [1.165, 1.54) is 25.7 Å². The second-order valence-electron chi connectivity index (χ2n) is 6.68. The fourth-order valence-corrected chi connectivity index (χ4v) is 3.50. The van der Waals surface area contributed by atoms with E-state index in [0.29, 0.717) is 36.5 Å². The van der Waals surface area contributed by atoms with Crippen molar-refractivity contribution < 1.29 is 19.0 Å². The number of hydrogen-bond donors (Lipinski definition) is 0. The Kier molecular flexibility index (Phi) is 5.84. The van der Waals surface area contributed by atoms with Crippen molar-refractivity contribution in [1.29, 1.82) is 0 Å². The molecular weight excluding hydrogens is 318 g/mol. The summed E-state index contributed by atoms with van der Waals surface area (Å²) >= 11 is 0. The zero-order chi connectivity index (χ0) is 17.6. The fraction of sp³-hybridized carbons (Fsp3) is 0.550. The lowest BCUT2D eigenvalue weighted by atomic mass is 10.1. The standard InChI is InChI=1S/C20H27NO4/c1-21(16-7-5-3-4-6-8-16)19(22)10-9-15-13-17(23-2)20-18(14-15)24-11-12-25-20/h9-10,13-14,16H,3-8,11-12H2,1-2H3/b10-9+. The summed E-state index contributed by atoms with van der Waals surface area (Å²) in [6.45, 7) is 1.04. The second kappa shape index (κ2) is 8.28. The number of likely N-dealkylation sites (N-methyl/N-ethyl adjacent to an activating group) is 1. The predicted octanol–water partition coefficient (Wildman–Crippen LogP) is 3.66. The second-order valence-corrected chi connectivity index (χ2v) is 6.68. The first-order valence-electron chi connectivity index (χ1n) is 9.11. The molecule has 25 heavy (non-hydrogen) atoms. The van der Waals surface area contributed by atoms with E-state index in [1.54, 1.807) is 13.2 Å². The molecule has 1 saturated carbocycles. The van der Waals surface area contributed by atoms with E-state index >= 15 is 0 Å². The lowest BCUT2D eigenvalue weighted by molar-refractivity contribution is -0.126. The normalized spacial score (nSPS) is 18.0. The molecule has 0 aromatic heterocycles. The molecule has 1 fully saturated rings. The highest BCUT2D eigenvalue weighted by molar-refractivity contribution is 5.92. The third-order valence-electron chi connectivity index (χ3n) is 4.99. The van der Waals surface area contributed by atoms with Crippen LogP contribution in [0.3, 0.4) is 0 Å². The maximum absolute atomic E-state index is 12.5. The van der Waals surface area contributed by atoms with Crippen LogP contribution in [-0.4, -0.2) is 44.2 Å². The zero-order valence-electron chi connectivity index (χ0n) is 15.1. The summed E-state index contributed by atoms with van der Waals surface area (Å²) in [5.41, 5.74) is 0.865. The van der Waals surface area contributed by atoms with Gasteiger partial charge in [-0.15, -0.1) is 0 Å². The van der Waals surface area contributed by atoms with Gasteiger partial charge in [0, 0.05) is 19.2 Å².